The maximum atomic E-state index is 3.41. The highest BCUT2D eigenvalue weighted by Gasteiger charge is 2.13. The molecule has 0 amide bonds. The lowest BCUT2D eigenvalue weighted by Gasteiger charge is -2.18. The molecule has 2 fully saturated rings. The van der Waals surface area contributed by atoms with Crippen LogP contribution in [-0.4, -0.2) is 13.1 Å². The summed E-state index contributed by atoms with van der Waals surface area (Å²) in [4.78, 5) is 0. The second-order valence-electron chi connectivity index (χ2n) is 4.54. The first-order valence-corrected chi connectivity index (χ1v) is 5.84. The molecular weight excluding hydrogens is 194 g/mol. The molecule has 1 aliphatic carbocycles. The van der Waals surface area contributed by atoms with E-state index in [1.54, 1.807) is 0 Å². The topological polar surface area (TPSA) is 12.0 Å². The van der Waals surface area contributed by atoms with E-state index in [1.807, 2.05) is 0 Å². The van der Waals surface area contributed by atoms with E-state index >= 15 is 0 Å². The van der Waals surface area contributed by atoms with Gasteiger partial charge in [0.2, 0.25) is 0 Å². The standard InChI is InChI=1S/C12H21N.ClH/c1-2-4-11(5-3-1)6-7-12-8-9-13-10-12;/h6-7,11-13H,1-5,8-10H2;1H/b7-6+;. The van der Waals surface area contributed by atoms with E-state index in [4.69, 9.17) is 0 Å². The lowest BCUT2D eigenvalue weighted by molar-refractivity contribution is 0.417. The highest BCUT2D eigenvalue weighted by molar-refractivity contribution is 5.85. The van der Waals surface area contributed by atoms with Crippen molar-refractivity contribution in [3.8, 4) is 0 Å². The molecule has 1 unspecified atom stereocenters. The maximum absolute atomic E-state index is 3.41. The fraction of sp³-hybridized carbons (Fsp3) is 0.833. The quantitative estimate of drug-likeness (QED) is 0.698. The Balaban J connectivity index is 0.000000980. The van der Waals surface area contributed by atoms with Crippen LogP contribution in [0.3, 0.4) is 0 Å². The lowest BCUT2D eigenvalue weighted by Crippen LogP contribution is -2.08. The average molecular weight is 216 g/mol. The molecule has 2 aliphatic rings. The molecule has 1 N–H and O–H groups in total. The van der Waals surface area contributed by atoms with Gasteiger partial charge in [-0.3, -0.25) is 0 Å². The number of hydrogen-bond acceptors (Lipinski definition) is 1. The van der Waals surface area contributed by atoms with E-state index in [9.17, 15) is 0 Å². The molecule has 2 rings (SSSR count). The Morgan fingerprint density at radius 2 is 1.57 bits per heavy atom. The number of allylic oxidation sites excluding steroid dienone is 1. The van der Waals surface area contributed by atoms with E-state index in [0.29, 0.717) is 0 Å². The minimum atomic E-state index is 0. The van der Waals surface area contributed by atoms with Crippen molar-refractivity contribution in [2.45, 2.75) is 38.5 Å². The first-order valence-electron chi connectivity index (χ1n) is 5.84. The summed E-state index contributed by atoms with van der Waals surface area (Å²) in [5, 5.41) is 3.41. The third kappa shape index (κ3) is 3.62. The second kappa shape index (κ2) is 6.47. The molecule has 14 heavy (non-hydrogen) atoms. The predicted octanol–water partition coefficient (Wildman–Crippen LogP) is 3.15. The van der Waals surface area contributed by atoms with Crippen molar-refractivity contribution in [1.82, 2.24) is 5.32 Å². The van der Waals surface area contributed by atoms with Gasteiger partial charge in [-0.1, -0.05) is 31.4 Å². The highest BCUT2D eigenvalue weighted by atomic mass is 35.5. The smallest absolute Gasteiger partial charge is 0.00146 e. The summed E-state index contributed by atoms with van der Waals surface area (Å²) in [6, 6.07) is 0. The Hall–Kier alpha value is -0.0100. The minimum absolute atomic E-state index is 0. The van der Waals surface area contributed by atoms with E-state index in [1.165, 1.54) is 51.6 Å². The van der Waals surface area contributed by atoms with Gasteiger partial charge in [-0.05, 0) is 37.6 Å². The van der Waals surface area contributed by atoms with Gasteiger partial charge in [0.15, 0.2) is 0 Å². The van der Waals surface area contributed by atoms with Gasteiger partial charge in [0.25, 0.3) is 0 Å². The maximum Gasteiger partial charge on any atom is 0.00146 e. The third-order valence-corrected chi connectivity index (χ3v) is 3.40. The molecule has 0 bridgehead atoms. The highest BCUT2D eigenvalue weighted by Crippen LogP contribution is 2.25. The van der Waals surface area contributed by atoms with Crippen LogP contribution in [0.5, 0.6) is 0 Å². The van der Waals surface area contributed by atoms with Gasteiger partial charge < -0.3 is 5.32 Å². The van der Waals surface area contributed by atoms with Gasteiger partial charge in [-0.15, -0.1) is 12.4 Å². The van der Waals surface area contributed by atoms with Crippen molar-refractivity contribution in [1.29, 1.82) is 0 Å². The number of rotatable bonds is 2. The SMILES string of the molecule is C(=C\C1CCNC1)/C1CCCCC1.Cl. The zero-order chi connectivity index (χ0) is 8.93. The molecule has 0 spiro atoms. The molecule has 1 heterocycles. The number of hydrogen-bond donors (Lipinski definition) is 1. The number of halogens is 1. The van der Waals surface area contributed by atoms with Crippen molar-refractivity contribution >= 4 is 12.4 Å². The van der Waals surface area contributed by atoms with Crippen molar-refractivity contribution in [2.24, 2.45) is 11.8 Å². The van der Waals surface area contributed by atoms with E-state index < -0.39 is 0 Å². The number of nitrogens with one attached hydrogen (secondary N) is 1. The molecule has 2 heteroatoms. The van der Waals surface area contributed by atoms with Crippen LogP contribution in [0.4, 0.5) is 0 Å². The lowest BCUT2D eigenvalue weighted by atomic mass is 9.88. The average Bonchev–Trinajstić information content (AvgIpc) is 2.69. The summed E-state index contributed by atoms with van der Waals surface area (Å²) in [5.41, 5.74) is 0. The Labute approximate surface area is 93.8 Å². The van der Waals surface area contributed by atoms with E-state index in [0.717, 1.165) is 11.8 Å². The van der Waals surface area contributed by atoms with Crippen molar-refractivity contribution < 1.29 is 0 Å². The van der Waals surface area contributed by atoms with E-state index in [2.05, 4.69) is 17.5 Å². The van der Waals surface area contributed by atoms with Gasteiger partial charge in [-0.25, -0.2) is 0 Å². The monoisotopic (exact) mass is 215 g/mol. The molecular formula is C12H22ClN. The summed E-state index contributed by atoms with van der Waals surface area (Å²) in [6.07, 6.45) is 13.6. The normalized spacial score (nSPS) is 29.3. The van der Waals surface area contributed by atoms with Gasteiger partial charge in [0, 0.05) is 6.54 Å². The molecule has 0 aromatic rings. The molecule has 0 aromatic carbocycles. The molecule has 0 radical (unpaired) electrons. The van der Waals surface area contributed by atoms with Gasteiger partial charge >= 0.3 is 0 Å². The molecule has 1 aliphatic heterocycles. The Morgan fingerprint density at radius 1 is 0.857 bits per heavy atom. The van der Waals surface area contributed by atoms with Crippen LogP contribution in [0, 0.1) is 11.8 Å². The van der Waals surface area contributed by atoms with Crippen LogP contribution in [0.2, 0.25) is 0 Å². The summed E-state index contributed by atoms with van der Waals surface area (Å²) >= 11 is 0. The zero-order valence-corrected chi connectivity index (χ0v) is 9.69. The van der Waals surface area contributed by atoms with E-state index in [-0.39, 0.29) is 12.4 Å². The molecule has 0 aromatic heterocycles. The van der Waals surface area contributed by atoms with Crippen molar-refractivity contribution in [3.63, 3.8) is 0 Å². The summed E-state index contributed by atoms with van der Waals surface area (Å²) in [5.74, 6) is 1.75. The van der Waals surface area contributed by atoms with Crippen LogP contribution >= 0.6 is 12.4 Å². The minimum Gasteiger partial charge on any atom is -0.316 e. The van der Waals surface area contributed by atoms with Crippen LogP contribution in [-0.2, 0) is 0 Å². The third-order valence-electron chi connectivity index (χ3n) is 3.40. The van der Waals surface area contributed by atoms with Crippen molar-refractivity contribution in [3.05, 3.63) is 12.2 Å². The van der Waals surface area contributed by atoms with Crippen LogP contribution in [0.1, 0.15) is 38.5 Å². The van der Waals surface area contributed by atoms with Crippen LogP contribution in [0.25, 0.3) is 0 Å². The summed E-state index contributed by atoms with van der Waals surface area (Å²) < 4.78 is 0. The Morgan fingerprint density at radius 3 is 2.21 bits per heavy atom. The Bertz CT molecular complexity index is 167. The summed E-state index contributed by atoms with van der Waals surface area (Å²) in [7, 11) is 0. The zero-order valence-electron chi connectivity index (χ0n) is 8.87. The fourth-order valence-electron chi connectivity index (χ4n) is 2.48. The van der Waals surface area contributed by atoms with Crippen LogP contribution in [0.15, 0.2) is 12.2 Å². The molecule has 82 valence electrons. The van der Waals surface area contributed by atoms with Crippen molar-refractivity contribution in [2.75, 3.05) is 13.1 Å². The summed E-state index contributed by atoms with van der Waals surface area (Å²) in [6.45, 7) is 2.43. The first kappa shape index (κ1) is 12.1. The molecule has 1 atom stereocenters. The molecule has 1 nitrogen and oxygen atoms in total. The largest absolute Gasteiger partial charge is 0.316 e. The van der Waals surface area contributed by atoms with Gasteiger partial charge in [0.05, 0.1) is 0 Å². The fourth-order valence-corrected chi connectivity index (χ4v) is 2.48. The van der Waals surface area contributed by atoms with Gasteiger partial charge in [0.1, 0.15) is 0 Å². The molecule has 1 saturated heterocycles. The predicted molar refractivity (Wildman–Crippen MR) is 63.9 cm³/mol. The Kier molecular flexibility index (Phi) is 5.57. The van der Waals surface area contributed by atoms with Gasteiger partial charge in [-0.2, -0.15) is 0 Å². The molecule has 1 saturated carbocycles. The second-order valence-corrected chi connectivity index (χ2v) is 4.54. The van der Waals surface area contributed by atoms with Crippen LogP contribution < -0.4 is 5.32 Å². The first-order chi connectivity index (χ1) is 6.45.